The number of amidine groups is 1. The van der Waals surface area contributed by atoms with Gasteiger partial charge in [0.1, 0.15) is 0 Å². The van der Waals surface area contributed by atoms with Crippen molar-refractivity contribution in [3.8, 4) is 0 Å². The van der Waals surface area contributed by atoms with Crippen molar-refractivity contribution in [1.82, 2.24) is 4.90 Å². The Morgan fingerprint density at radius 3 is 2.83 bits per heavy atom. The lowest BCUT2D eigenvalue weighted by Gasteiger charge is -2.42. The third-order valence-electron chi connectivity index (χ3n) is 7.89. The zero-order valence-electron chi connectivity index (χ0n) is 17.8. The number of fused-ring (bicyclic) bond motifs is 2. The highest BCUT2D eigenvalue weighted by molar-refractivity contribution is 6.02. The van der Waals surface area contributed by atoms with Crippen molar-refractivity contribution in [2.45, 2.75) is 75.2 Å². The molecule has 2 spiro atoms. The highest BCUT2D eigenvalue weighted by Gasteiger charge is 2.59. The van der Waals surface area contributed by atoms with Crippen molar-refractivity contribution in [3.63, 3.8) is 0 Å². The average Bonchev–Trinajstić information content (AvgIpc) is 3.34. The smallest absolute Gasteiger partial charge is 0.296 e. The van der Waals surface area contributed by atoms with E-state index in [0.29, 0.717) is 24.8 Å². The number of carbonyl (C=O) groups is 1. The standard InChI is InChI=1S/C24H29N3O3/c1-22(2)19-18(8-5-11-25-19)23(30-22)9-12-27(13-10-23)21-26-20(28)24(29-21)14-16-6-3-4-7-17(16)15-24/h3,5-6,8,11,18-19H,4,7,9-10,12-15H2,1-2H3. The van der Waals surface area contributed by atoms with Gasteiger partial charge in [-0.05, 0) is 51.2 Å². The molecule has 3 unspecified atom stereocenters. The topological polar surface area (TPSA) is 63.5 Å². The van der Waals surface area contributed by atoms with E-state index in [-0.39, 0.29) is 23.2 Å². The molecular weight excluding hydrogens is 378 g/mol. The summed E-state index contributed by atoms with van der Waals surface area (Å²) in [4.78, 5) is 24.1. The van der Waals surface area contributed by atoms with Crippen LogP contribution in [0.2, 0.25) is 0 Å². The fraction of sp³-hybridized carbons (Fsp3) is 0.625. The third kappa shape index (κ3) is 2.55. The van der Waals surface area contributed by atoms with Crippen LogP contribution in [0.4, 0.5) is 0 Å². The second-order valence-electron chi connectivity index (χ2n) is 10.1. The predicted molar refractivity (Wildman–Crippen MR) is 115 cm³/mol. The Morgan fingerprint density at radius 1 is 1.20 bits per heavy atom. The maximum Gasteiger partial charge on any atom is 0.296 e. The maximum absolute atomic E-state index is 12.9. The normalized spacial score (nSPS) is 37.7. The van der Waals surface area contributed by atoms with Gasteiger partial charge in [0, 0.05) is 38.1 Å². The Kier molecular flexibility index (Phi) is 3.81. The van der Waals surface area contributed by atoms with E-state index in [0.717, 1.165) is 38.8 Å². The van der Waals surface area contributed by atoms with Crippen LogP contribution in [0, 0.1) is 5.92 Å². The van der Waals surface area contributed by atoms with Gasteiger partial charge in [-0.25, -0.2) is 0 Å². The molecule has 1 amide bonds. The molecule has 0 bridgehead atoms. The Labute approximate surface area is 177 Å². The molecule has 0 N–H and O–H groups in total. The van der Waals surface area contributed by atoms with Crippen LogP contribution in [-0.2, 0) is 14.3 Å². The van der Waals surface area contributed by atoms with Gasteiger partial charge in [0.05, 0.1) is 17.2 Å². The Balaban J connectivity index is 1.16. The van der Waals surface area contributed by atoms with Gasteiger partial charge in [0.2, 0.25) is 5.60 Å². The van der Waals surface area contributed by atoms with Crippen molar-refractivity contribution in [2.24, 2.45) is 15.9 Å². The minimum absolute atomic E-state index is 0.108. The maximum atomic E-state index is 12.9. The van der Waals surface area contributed by atoms with E-state index < -0.39 is 5.60 Å². The van der Waals surface area contributed by atoms with Gasteiger partial charge in [-0.2, -0.15) is 4.99 Å². The molecule has 6 heteroatoms. The van der Waals surface area contributed by atoms with E-state index in [1.165, 1.54) is 11.1 Å². The lowest BCUT2D eigenvalue weighted by atomic mass is 9.75. The molecule has 6 nitrogen and oxygen atoms in total. The number of dihydropyridines is 1. The summed E-state index contributed by atoms with van der Waals surface area (Å²) in [5.41, 5.74) is 1.40. The van der Waals surface area contributed by atoms with Crippen LogP contribution >= 0.6 is 0 Å². The number of piperidine rings is 1. The zero-order chi connectivity index (χ0) is 20.6. The molecule has 158 valence electrons. The molecule has 0 aromatic heterocycles. The van der Waals surface area contributed by atoms with Crippen LogP contribution in [0.25, 0.3) is 0 Å². The first-order chi connectivity index (χ1) is 14.4. The molecule has 0 radical (unpaired) electrons. The van der Waals surface area contributed by atoms with Gasteiger partial charge >= 0.3 is 0 Å². The molecular formula is C24H29N3O3. The van der Waals surface area contributed by atoms with Crippen LogP contribution in [0.5, 0.6) is 0 Å². The number of aliphatic imine (C=N–C) groups is 2. The second-order valence-corrected chi connectivity index (χ2v) is 10.1. The lowest BCUT2D eigenvalue weighted by molar-refractivity contribution is -0.131. The number of likely N-dealkylation sites (tertiary alicyclic amines) is 1. The number of rotatable bonds is 0. The molecule has 2 fully saturated rings. The highest BCUT2D eigenvalue weighted by atomic mass is 16.5. The van der Waals surface area contributed by atoms with Gasteiger partial charge in [-0.3, -0.25) is 9.79 Å². The van der Waals surface area contributed by atoms with Crippen molar-refractivity contribution in [1.29, 1.82) is 0 Å². The number of carbonyl (C=O) groups excluding carboxylic acids is 1. The van der Waals surface area contributed by atoms with Crippen LogP contribution in [0.3, 0.4) is 0 Å². The summed E-state index contributed by atoms with van der Waals surface area (Å²) < 4.78 is 13.0. The molecule has 3 atom stereocenters. The first-order valence-corrected chi connectivity index (χ1v) is 11.3. The third-order valence-corrected chi connectivity index (χ3v) is 7.89. The summed E-state index contributed by atoms with van der Waals surface area (Å²) in [6.45, 7) is 5.87. The van der Waals surface area contributed by atoms with E-state index in [2.05, 4.69) is 48.0 Å². The fourth-order valence-electron chi connectivity index (χ4n) is 6.40. The summed E-state index contributed by atoms with van der Waals surface area (Å²) in [7, 11) is 0. The first-order valence-electron chi connectivity index (χ1n) is 11.3. The van der Waals surface area contributed by atoms with E-state index >= 15 is 0 Å². The molecule has 2 aliphatic carbocycles. The number of ether oxygens (including phenoxy) is 2. The summed E-state index contributed by atoms with van der Waals surface area (Å²) in [6, 6.07) is 0.688. The van der Waals surface area contributed by atoms with Crippen LogP contribution in [-0.4, -0.2) is 59.0 Å². The zero-order valence-corrected chi connectivity index (χ0v) is 17.8. The molecule has 4 heterocycles. The number of nitrogens with zero attached hydrogens (tertiary/aromatic N) is 3. The van der Waals surface area contributed by atoms with Crippen molar-refractivity contribution < 1.29 is 14.3 Å². The van der Waals surface area contributed by atoms with Gasteiger partial charge in [-0.1, -0.05) is 23.8 Å². The minimum atomic E-state index is -0.790. The lowest BCUT2D eigenvalue weighted by Crippen LogP contribution is -2.51. The molecule has 2 saturated heterocycles. The van der Waals surface area contributed by atoms with Crippen molar-refractivity contribution in [3.05, 3.63) is 35.5 Å². The minimum Gasteiger partial charge on any atom is -0.447 e. The largest absolute Gasteiger partial charge is 0.447 e. The molecule has 30 heavy (non-hydrogen) atoms. The van der Waals surface area contributed by atoms with Gasteiger partial charge in [0.25, 0.3) is 11.9 Å². The molecule has 6 aliphatic rings. The van der Waals surface area contributed by atoms with E-state index in [9.17, 15) is 4.79 Å². The molecule has 4 aliphatic heterocycles. The first kappa shape index (κ1) is 18.6. The van der Waals surface area contributed by atoms with E-state index in [1.807, 2.05) is 6.21 Å². The molecule has 0 saturated carbocycles. The van der Waals surface area contributed by atoms with Crippen LogP contribution in [0.15, 0.2) is 45.4 Å². The molecule has 6 rings (SSSR count). The number of allylic oxidation sites excluding steroid dienone is 3. The summed E-state index contributed by atoms with van der Waals surface area (Å²) in [5, 5.41) is 0. The number of hydrogen-bond donors (Lipinski definition) is 0. The predicted octanol–water partition coefficient (Wildman–Crippen LogP) is 3.35. The SMILES string of the molecule is CC1(C)OC2(CCN(C3=NC(=O)C4(CC5=C(CCC=C5)C4)O3)CC2)C2C=CC=NC21. The van der Waals surface area contributed by atoms with Crippen LogP contribution in [0.1, 0.15) is 52.4 Å². The van der Waals surface area contributed by atoms with E-state index in [1.54, 1.807) is 0 Å². The summed E-state index contributed by atoms with van der Waals surface area (Å²) in [5.74, 6) is 0.194. The Bertz CT molecular complexity index is 949. The molecule has 0 aromatic carbocycles. The number of hydrogen-bond acceptors (Lipinski definition) is 5. The second kappa shape index (κ2) is 6.16. The summed E-state index contributed by atoms with van der Waals surface area (Å²) in [6.07, 6.45) is 15.8. The highest BCUT2D eigenvalue weighted by Crippen LogP contribution is 2.51. The van der Waals surface area contributed by atoms with E-state index in [4.69, 9.17) is 14.5 Å². The fourth-order valence-corrected chi connectivity index (χ4v) is 6.40. The van der Waals surface area contributed by atoms with Gasteiger partial charge in [0.15, 0.2) is 0 Å². The quantitative estimate of drug-likeness (QED) is 0.618. The Morgan fingerprint density at radius 2 is 2.03 bits per heavy atom. The van der Waals surface area contributed by atoms with Crippen LogP contribution < -0.4 is 0 Å². The van der Waals surface area contributed by atoms with Crippen molar-refractivity contribution >= 4 is 18.1 Å². The monoisotopic (exact) mass is 407 g/mol. The number of amides is 1. The van der Waals surface area contributed by atoms with Gasteiger partial charge < -0.3 is 14.4 Å². The average molecular weight is 408 g/mol. The summed E-state index contributed by atoms with van der Waals surface area (Å²) >= 11 is 0. The van der Waals surface area contributed by atoms with Crippen molar-refractivity contribution in [2.75, 3.05) is 13.1 Å². The molecule has 0 aromatic rings. The van der Waals surface area contributed by atoms with Gasteiger partial charge in [-0.15, -0.1) is 0 Å². The Hall–Kier alpha value is -2.21.